The van der Waals surface area contributed by atoms with Crippen LogP contribution in [0.25, 0.3) is 0 Å². The molecule has 0 unspecified atom stereocenters. The van der Waals surface area contributed by atoms with E-state index in [0.29, 0.717) is 0 Å². The Bertz CT molecular complexity index is 1400. The number of carbonyl (C=O) groups excluding carboxylic acids is 1. The van der Waals surface area contributed by atoms with Gasteiger partial charge in [0.1, 0.15) is 34.7 Å². The largest absolute Gasteiger partial charge is 0.508 e. The second kappa shape index (κ2) is 9.17. The Labute approximate surface area is 199 Å². The molecule has 1 heterocycles. The van der Waals surface area contributed by atoms with Crippen molar-refractivity contribution in [1.29, 1.82) is 0 Å². The Balaban J connectivity index is 1.80. The van der Waals surface area contributed by atoms with E-state index in [9.17, 15) is 45.0 Å². The van der Waals surface area contributed by atoms with Gasteiger partial charge in [0.05, 0.1) is 5.56 Å². The van der Waals surface area contributed by atoms with Gasteiger partial charge in [-0.15, -0.1) is 14.7 Å². The molecule has 36 heavy (non-hydrogen) atoms. The van der Waals surface area contributed by atoms with Crippen molar-refractivity contribution < 1.29 is 39.8 Å². The van der Waals surface area contributed by atoms with Crippen LogP contribution in [0.2, 0.25) is 0 Å². The highest BCUT2D eigenvalue weighted by atomic mass is 16.6. The molecule has 5 N–H and O–H groups in total. The minimum atomic E-state index is -1.28. The van der Waals surface area contributed by atoms with Crippen molar-refractivity contribution in [1.82, 2.24) is 0 Å². The van der Waals surface area contributed by atoms with E-state index in [-0.39, 0.29) is 40.3 Å². The number of phenols is 5. The van der Waals surface area contributed by atoms with Crippen molar-refractivity contribution >= 4 is 23.0 Å². The molecule has 1 aliphatic rings. The normalized spacial score (nSPS) is 16.3. The van der Waals surface area contributed by atoms with E-state index in [0.717, 1.165) is 30.3 Å². The van der Waals surface area contributed by atoms with Crippen LogP contribution >= 0.6 is 0 Å². The van der Waals surface area contributed by atoms with Crippen LogP contribution in [0.15, 0.2) is 51.9 Å². The second-order valence-corrected chi connectivity index (χ2v) is 7.67. The monoisotopic (exact) mass is 497 g/mol. The van der Waals surface area contributed by atoms with Gasteiger partial charge >= 0.3 is 5.97 Å². The standard InChI is InChI=1S/C22H15N3O11/c26-10-5-12(23-32)11-7-18(36-22(31)9-3-15(28)20(30)16(29)4-9)21(35-17(11)6-10)8-1-13(24-33)19(25-34)14(27)2-8/h1-6,18,21,26-30H,7H2/t18-,21-/m1/s1. The van der Waals surface area contributed by atoms with Gasteiger partial charge in [-0.05, 0) is 39.8 Å². The number of benzene rings is 3. The van der Waals surface area contributed by atoms with Crippen molar-refractivity contribution in [2.45, 2.75) is 18.6 Å². The van der Waals surface area contributed by atoms with E-state index >= 15 is 0 Å². The first-order valence-corrected chi connectivity index (χ1v) is 10.0. The van der Waals surface area contributed by atoms with Gasteiger partial charge in [0, 0.05) is 29.7 Å². The lowest BCUT2D eigenvalue weighted by Crippen LogP contribution is -2.34. The molecular weight excluding hydrogens is 482 g/mol. The van der Waals surface area contributed by atoms with Crippen LogP contribution in [0.1, 0.15) is 27.6 Å². The zero-order chi connectivity index (χ0) is 26.1. The average Bonchev–Trinajstić information content (AvgIpc) is 2.85. The molecule has 0 fully saturated rings. The molecule has 0 bridgehead atoms. The molecule has 3 aromatic carbocycles. The molecule has 0 spiro atoms. The predicted octanol–water partition coefficient (Wildman–Crippen LogP) is 4.31. The van der Waals surface area contributed by atoms with Crippen LogP contribution in [0, 0.1) is 14.7 Å². The number of fused-ring (bicyclic) bond motifs is 1. The lowest BCUT2D eigenvalue weighted by Gasteiger charge is -2.34. The van der Waals surface area contributed by atoms with Gasteiger partial charge in [0.2, 0.25) is 0 Å². The lowest BCUT2D eigenvalue weighted by atomic mass is 9.92. The summed E-state index contributed by atoms with van der Waals surface area (Å²) in [7, 11) is 0. The number of carbonyl (C=O) groups is 1. The Morgan fingerprint density at radius 3 is 2.11 bits per heavy atom. The Morgan fingerprint density at radius 2 is 1.50 bits per heavy atom. The van der Waals surface area contributed by atoms with E-state index < -0.39 is 52.6 Å². The summed E-state index contributed by atoms with van der Waals surface area (Å²) >= 11 is 0. The van der Waals surface area contributed by atoms with Crippen molar-refractivity contribution in [3.8, 4) is 34.5 Å². The Hall–Kier alpha value is -5.27. The zero-order valence-electron chi connectivity index (χ0n) is 17.9. The minimum Gasteiger partial charge on any atom is -0.508 e. The summed E-state index contributed by atoms with van der Waals surface area (Å²) in [5.74, 6) is -4.62. The summed E-state index contributed by atoms with van der Waals surface area (Å²) in [5, 5.41) is 57.1. The van der Waals surface area contributed by atoms with Crippen LogP contribution in [-0.2, 0) is 11.2 Å². The Morgan fingerprint density at radius 1 is 0.833 bits per heavy atom. The number of ether oxygens (including phenoxy) is 2. The maximum atomic E-state index is 12.8. The van der Waals surface area contributed by atoms with Crippen LogP contribution in [0.5, 0.6) is 34.5 Å². The molecule has 184 valence electrons. The Kier molecular flexibility index (Phi) is 6.08. The topological polar surface area (TPSA) is 225 Å². The number of rotatable bonds is 6. The predicted molar refractivity (Wildman–Crippen MR) is 120 cm³/mol. The summed E-state index contributed by atoms with van der Waals surface area (Å²) in [5.41, 5.74) is -1.54. The second-order valence-electron chi connectivity index (χ2n) is 7.67. The van der Waals surface area contributed by atoms with Crippen LogP contribution in [0.3, 0.4) is 0 Å². The summed E-state index contributed by atoms with van der Waals surface area (Å²) in [6.07, 6.45) is -2.77. The summed E-state index contributed by atoms with van der Waals surface area (Å²) in [6, 6.07) is 6.01. The van der Waals surface area contributed by atoms with Crippen LogP contribution in [-0.4, -0.2) is 37.6 Å². The van der Waals surface area contributed by atoms with Gasteiger partial charge in [-0.2, -0.15) is 0 Å². The van der Waals surface area contributed by atoms with Crippen molar-refractivity contribution in [3.05, 3.63) is 67.8 Å². The molecular formula is C22H15N3O11. The van der Waals surface area contributed by atoms with E-state index in [1.807, 2.05) is 0 Å². The molecule has 0 aromatic heterocycles. The third kappa shape index (κ3) is 4.18. The van der Waals surface area contributed by atoms with Crippen molar-refractivity contribution in [3.63, 3.8) is 0 Å². The first-order chi connectivity index (χ1) is 17.2. The first-order valence-electron chi connectivity index (χ1n) is 10.0. The molecule has 14 nitrogen and oxygen atoms in total. The highest BCUT2D eigenvalue weighted by Gasteiger charge is 2.37. The SMILES string of the molecule is O=Nc1cc(O)cc2c1C[C@@H](OC(=O)c1cc(O)c(O)c(O)c1)[C@@H](c1cc(O)c(N=O)c(N=O)c1)O2. The summed E-state index contributed by atoms with van der Waals surface area (Å²) in [4.78, 5) is 46.3. The fourth-order valence-corrected chi connectivity index (χ4v) is 3.80. The number of nitroso groups, excluding NO2 is 3. The van der Waals surface area contributed by atoms with Gasteiger partial charge in [-0.25, -0.2) is 4.79 Å². The molecule has 0 saturated heterocycles. The number of esters is 1. The van der Waals surface area contributed by atoms with Gasteiger partial charge in [-0.3, -0.25) is 0 Å². The highest BCUT2D eigenvalue weighted by molar-refractivity contribution is 5.91. The van der Waals surface area contributed by atoms with Crippen LogP contribution < -0.4 is 4.74 Å². The fraction of sp³-hybridized carbons (Fsp3) is 0.136. The first kappa shape index (κ1) is 23.9. The molecule has 0 saturated carbocycles. The number of hydrogen-bond acceptors (Lipinski definition) is 14. The van der Waals surface area contributed by atoms with Gasteiger partial charge in [0.25, 0.3) is 0 Å². The number of hydrogen-bond donors (Lipinski definition) is 5. The van der Waals surface area contributed by atoms with Gasteiger partial charge < -0.3 is 35.0 Å². The van der Waals surface area contributed by atoms with E-state index in [1.165, 1.54) is 6.07 Å². The third-order valence-corrected chi connectivity index (χ3v) is 5.44. The average molecular weight is 497 g/mol. The molecule has 1 aliphatic heterocycles. The number of phenolic OH excluding ortho intramolecular Hbond substituents is 5. The lowest BCUT2D eigenvalue weighted by molar-refractivity contribution is -0.0183. The van der Waals surface area contributed by atoms with Crippen molar-refractivity contribution in [2.24, 2.45) is 15.5 Å². The molecule has 4 rings (SSSR count). The van der Waals surface area contributed by atoms with Crippen LogP contribution in [0.4, 0.5) is 17.1 Å². The summed E-state index contributed by atoms with van der Waals surface area (Å²) < 4.78 is 11.3. The third-order valence-electron chi connectivity index (χ3n) is 5.44. The molecule has 0 amide bonds. The van der Waals surface area contributed by atoms with E-state index in [2.05, 4.69) is 15.5 Å². The minimum absolute atomic E-state index is 0.0123. The number of nitrogens with zero attached hydrogens (tertiary/aromatic N) is 3. The summed E-state index contributed by atoms with van der Waals surface area (Å²) in [6.45, 7) is 0. The molecule has 2 atom stereocenters. The number of aromatic hydroxyl groups is 5. The molecule has 14 heteroatoms. The zero-order valence-corrected chi connectivity index (χ0v) is 17.9. The van der Waals surface area contributed by atoms with Gasteiger partial charge in [0.15, 0.2) is 29.0 Å². The van der Waals surface area contributed by atoms with Crippen molar-refractivity contribution in [2.75, 3.05) is 0 Å². The highest BCUT2D eigenvalue weighted by Crippen LogP contribution is 2.46. The van der Waals surface area contributed by atoms with Gasteiger partial charge in [-0.1, -0.05) is 0 Å². The van der Waals surface area contributed by atoms with E-state index in [1.54, 1.807) is 0 Å². The maximum absolute atomic E-state index is 12.8. The quantitative estimate of drug-likeness (QED) is 0.183. The molecule has 3 aromatic rings. The molecule has 0 aliphatic carbocycles. The maximum Gasteiger partial charge on any atom is 0.338 e. The smallest absolute Gasteiger partial charge is 0.338 e. The molecule has 0 radical (unpaired) electrons. The van der Waals surface area contributed by atoms with E-state index in [4.69, 9.17) is 9.47 Å². The fourth-order valence-electron chi connectivity index (χ4n) is 3.80.